The van der Waals surface area contributed by atoms with E-state index >= 15 is 0 Å². The van der Waals surface area contributed by atoms with Crippen LogP contribution in [0.3, 0.4) is 0 Å². The second-order valence-corrected chi connectivity index (χ2v) is 5.23. The second kappa shape index (κ2) is 6.93. The van der Waals surface area contributed by atoms with E-state index in [1.807, 2.05) is 36.4 Å². The molecule has 3 aromatic carbocycles. The molecule has 3 rings (SSSR count). The largest absolute Gasteiger partial charge is 0.489 e. The van der Waals surface area contributed by atoms with E-state index in [4.69, 9.17) is 10.00 Å². The highest BCUT2D eigenvalue weighted by molar-refractivity contribution is 5.71. The molecule has 0 radical (unpaired) electrons. The highest BCUT2D eigenvalue weighted by Crippen LogP contribution is 2.29. The van der Waals surface area contributed by atoms with Crippen molar-refractivity contribution in [1.82, 2.24) is 0 Å². The number of hydrogen-bond acceptors (Lipinski definition) is 2. The summed E-state index contributed by atoms with van der Waals surface area (Å²) in [7, 11) is 0. The molecule has 0 spiro atoms. The molecule has 0 N–H and O–H groups in total. The molecule has 118 valence electrons. The first-order chi connectivity index (χ1) is 11.7. The Labute approximate surface area is 138 Å². The normalized spacial score (nSPS) is 10.2. The van der Waals surface area contributed by atoms with Gasteiger partial charge in [-0.2, -0.15) is 5.26 Å². The lowest BCUT2D eigenvalue weighted by Gasteiger charge is -2.10. The summed E-state index contributed by atoms with van der Waals surface area (Å²) in [6.45, 7) is 0.396. The summed E-state index contributed by atoms with van der Waals surface area (Å²) >= 11 is 0. The molecule has 0 fully saturated rings. The van der Waals surface area contributed by atoms with Gasteiger partial charge in [0.25, 0.3) is 0 Å². The van der Waals surface area contributed by atoms with Crippen LogP contribution < -0.4 is 4.74 Å². The van der Waals surface area contributed by atoms with Gasteiger partial charge in [0, 0.05) is 5.56 Å². The molecule has 0 amide bonds. The van der Waals surface area contributed by atoms with Crippen LogP contribution in [0.1, 0.15) is 11.1 Å². The van der Waals surface area contributed by atoms with Gasteiger partial charge < -0.3 is 4.74 Å². The highest BCUT2D eigenvalue weighted by atomic mass is 19.2. The van der Waals surface area contributed by atoms with Crippen molar-refractivity contribution in [3.05, 3.63) is 89.5 Å². The Morgan fingerprint density at radius 1 is 0.875 bits per heavy atom. The predicted molar refractivity (Wildman–Crippen MR) is 87.3 cm³/mol. The van der Waals surface area contributed by atoms with Crippen molar-refractivity contribution in [1.29, 1.82) is 5.26 Å². The molecule has 0 aliphatic carbocycles. The van der Waals surface area contributed by atoms with Gasteiger partial charge in [0.1, 0.15) is 12.4 Å². The van der Waals surface area contributed by atoms with Crippen LogP contribution in [0.2, 0.25) is 0 Å². The lowest BCUT2D eigenvalue weighted by atomic mass is 10.00. The van der Waals surface area contributed by atoms with Gasteiger partial charge in [-0.3, -0.25) is 0 Å². The van der Waals surface area contributed by atoms with Gasteiger partial charge in [0.15, 0.2) is 11.6 Å². The third-order valence-corrected chi connectivity index (χ3v) is 3.57. The van der Waals surface area contributed by atoms with Crippen molar-refractivity contribution in [2.75, 3.05) is 0 Å². The Morgan fingerprint density at radius 2 is 1.62 bits per heavy atom. The molecule has 0 saturated heterocycles. The molecule has 0 saturated carbocycles. The Kier molecular flexibility index (Phi) is 4.53. The quantitative estimate of drug-likeness (QED) is 0.671. The zero-order chi connectivity index (χ0) is 16.9. The number of rotatable bonds is 4. The summed E-state index contributed by atoms with van der Waals surface area (Å²) in [5.74, 6) is -1.43. The minimum absolute atomic E-state index is 0.0779. The lowest BCUT2D eigenvalue weighted by Crippen LogP contribution is -1.96. The van der Waals surface area contributed by atoms with Gasteiger partial charge in [-0.25, -0.2) is 8.78 Å². The summed E-state index contributed by atoms with van der Waals surface area (Å²) in [6.07, 6.45) is 0. The van der Waals surface area contributed by atoms with Crippen LogP contribution in [0, 0.1) is 23.0 Å². The molecule has 0 unspecified atom stereocenters. The number of nitriles is 1. The van der Waals surface area contributed by atoms with Gasteiger partial charge in [0.2, 0.25) is 0 Å². The fourth-order valence-electron chi connectivity index (χ4n) is 2.37. The van der Waals surface area contributed by atoms with E-state index in [1.54, 1.807) is 24.3 Å². The Morgan fingerprint density at radius 3 is 2.38 bits per heavy atom. The molecule has 0 aromatic heterocycles. The molecule has 0 atom stereocenters. The first kappa shape index (κ1) is 15.7. The number of nitrogens with zero attached hydrogens (tertiary/aromatic N) is 1. The summed E-state index contributed by atoms with van der Waals surface area (Å²) in [5.41, 5.74) is 2.03. The molecule has 0 bridgehead atoms. The molecule has 0 aliphatic heterocycles. The smallest absolute Gasteiger partial charge is 0.160 e. The molecule has 24 heavy (non-hydrogen) atoms. The molecular formula is C20H13F2NO. The topological polar surface area (TPSA) is 33.0 Å². The van der Waals surface area contributed by atoms with E-state index in [1.165, 1.54) is 0 Å². The minimum atomic E-state index is -1.04. The van der Waals surface area contributed by atoms with Crippen molar-refractivity contribution in [3.8, 4) is 22.9 Å². The van der Waals surface area contributed by atoms with Gasteiger partial charge in [-0.1, -0.05) is 42.5 Å². The van der Waals surface area contributed by atoms with Crippen LogP contribution in [-0.2, 0) is 6.61 Å². The first-order valence-corrected chi connectivity index (χ1v) is 7.33. The Bertz CT molecular complexity index is 901. The Hall–Kier alpha value is -3.19. The van der Waals surface area contributed by atoms with Crippen LogP contribution in [0.5, 0.6) is 5.75 Å². The van der Waals surface area contributed by atoms with Gasteiger partial charge in [0.05, 0.1) is 11.6 Å². The van der Waals surface area contributed by atoms with Crippen LogP contribution >= 0.6 is 0 Å². The fraction of sp³-hybridized carbons (Fsp3) is 0.0500. The van der Waals surface area contributed by atoms with Crippen LogP contribution in [0.15, 0.2) is 66.7 Å². The van der Waals surface area contributed by atoms with E-state index in [2.05, 4.69) is 0 Å². The van der Waals surface area contributed by atoms with Crippen LogP contribution in [0.25, 0.3) is 11.1 Å². The summed E-state index contributed by atoms with van der Waals surface area (Å²) in [4.78, 5) is 0. The maximum absolute atomic E-state index is 13.5. The van der Waals surface area contributed by atoms with Crippen molar-refractivity contribution in [3.63, 3.8) is 0 Å². The molecule has 0 aliphatic rings. The minimum Gasteiger partial charge on any atom is -0.489 e. The fourth-order valence-corrected chi connectivity index (χ4v) is 2.37. The summed E-state index contributed by atoms with van der Waals surface area (Å²) < 4.78 is 32.6. The third kappa shape index (κ3) is 3.41. The first-order valence-electron chi connectivity index (χ1n) is 7.33. The predicted octanol–water partition coefficient (Wildman–Crippen LogP) is 5.08. The maximum atomic E-state index is 13.5. The number of benzene rings is 3. The number of hydrogen-bond donors (Lipinski definition) is 0. The highest BCUT2D eigenvalue weighted by Gasteiger charge is 2.12. The molecule has 0 heterocycles. The summed E-state index contributed by atoms with van der Waals surface area (Å²) in [6, 6.07) is 20.5. The molecule has 3 aromatic rings. The number of halogens is 2. The van der Waals surface area contributed by atoms with Gasteiger partial charge >= 0.3 is 0 Å². The molecular weight excluding hydrogens is 308 g/mol. The second-order valence-electron chi connectivity index (χ2n) is 5.23. The Balaban J connectivity index is 1.88. The van der Waals surface area contributed by atoms with E-state index in [-0.39, 0.29) is 5.56 Å². The lowest BCUT2D eigenvalue weighted by molar-refractivity contribution is 0.306. The zero-order valence-corrected chi connectivity index (χ0v) is 12.7. The summed E-state index contributed by atoms with van der Waals surface area (Å²) in [5, 5.41) is 9.15. The van der Waals surface area contributed by atoms with Gasteiger partial charge in [-0.15, -0.1) is 0 Å². The van der Waals surface area contributed by atoms with E-state index < -0.39 is 11.6 Å². The zero-order valence-electron chi connectivity index (χ0n) is 12.7. The average Bonchev–Trinajstić information content (AvgIpc) is 2.63. The number of ether oxygens (including phenoxy) is 1. The standard InChI is InChI=1S/C20H13F2NO/c21-19-10-16(12-23)18(11-20(19)22)15-7-4-8-17(9-15)24-13-14-5-2-1-3-6-14/h1-11H,13H2. The molecule has 2 nitrogen and oxygen atoms in total. The van der Waals surface area contributed by atoms with Crippen LogP contribution in [0.4, 0.5) is 8.78 Å². The van der Waals surface area contributed by atoms with Crippen molar-refractivity contribution in [2.24, 2.45) is 0 Å². The molecule has 4 heteroatoms. The van der Waals surface area contributed by atoms with Gasteiger partial charge in [-0.05, 0) is 35.4 Å². The third-order valence-electron chi connectivity index (χ3n) is 3.57. The maximum Gasteiger partial charge on any atom is 0.160 e. The van der Waals surface area contributed by atoms with Crippen molar-refractivity contribution < 1.29 is 13.5 Å². The monoisotopic (exact) mass is 321 g/mol. The van der Waals surface area contributed by atoms with Crippen LogP contribution in [-0.4, -0.2) is 0 Å². The average molecular weight is 321 g/mol. The van der Waals surface area contributed by atoms with E-state index in [0.717, 1.165) is 17.7 Å². The van der Waals surface area contributed by atoms with E-state index in [0.29, 0.717) is 23.5 Å². The van der Waals surface area contributed by atoms with E-state index in [9.17, 15) is 8.78 Å². The SMILES string of the molecule is N#Cc1cc(F)c(F)cc1-c1cccc(OCc2ccccc2)c1. The van der Waals surface area contributed by atoms with Crippen molar-refractivity contribution >= 4 is 0 Å². The van der Waals surface area contributed by atoms with Crippen molar-refractivity contribution in [2.45, 2.75) is 6.61 Å².